The van der Waals surface area contributed by atoms with E-state index in [0.29, 0.717) is 17.9 Å². The van der Waals surface area contributed by atoms with Crippen molar-refractivity contribution < 1.29 is 15.1 Å². The van der Waals surface area contributed by atoms with Gasteiger partial charge in [-0.05, 0) is 12.8 Å². The van der Waals surface area contributed by atoms with E-state index in [1.165, 1.54) is 0 Å². The molecule has 1 aliphatic carbocycles. The summed E-state index contributed by atoms with van der Waals surface area (Å²) in [7, 11) is 0. The van der Waals surface area contributed by atoms with Gasteiger partial charge in [0.1, 0.15) is 0 Å². The van der Waals surface area contributed by atoms with E-state index in [0.717, 1.165) is 0 Å². The van der Waals surface area contributed by atoms with E-state index in [1.807, 2.05) is 12.2 Å². The number of allylic oxidation sites excluding steroid dienone is 2. The first-order valence-corrected chi connectivity index (χ1v) is 4.07. The van der Waals surface area contributed by atoms with E-state index in [-0.39, 0.29) is 17.7 Å². The molecule has 3 unspecified atom stereocenters. The Labute approximate surface area is 70.1 Å². The fraction of sp³-hybridized carbons (Fsp3) is 0.625. The predicted molar refractivity (Wildman–Crippen MR) is 40.0 cm³/mol. The molecule has 0 radical (unpaired) electrons. The summed E-state index contributed by atoms with van der Waals surface area (Å²) in [6.45, 7) is 0. The number of hydrogen-bond acceptors (Lipinski definition) is 3. The number of fused-ring (bicyclic) bond motifs is 1. The molecule has 66 valence electrons. The lowest BCUT2D eigenvalue weighted by molar-refractivity contribution is -0.195. The number of nitrogens with zero attached hydrogens (tertiary/aromatic N) is 1. The summed E-state index contributed by atoms with van der Waals surface area (Å²) in [5.74, 6) is -0.681. The van der Waals surface area contributed by atoms with Crippen molar-refractivity contribution in [1.29, 1.82) is 0 Å². The van der Waals surface area contributed by atoms with Gasteiger partial charge in [0.25, 0.3) is 5.91 Å². The van der Waals surface area contributed by atoms with Gasteiger partial charge in [-0.2, -0.15) is 5.06 Å². The van der Waals surface area contributed by atoms with Crippen molar-refractivity contribution in [3.63, 3.8) is 0 Å². The first-order chi connectivity index (χ1) is 5.72. The zero-order valence-electron chi connectivity index (χ0n) is 6.55. The van der Waals surface area contributed by atoms with Crippen LogP contribution in [0.1, 0.15) is 12.8 Å². The summed E-state index contributed by atoms with van der Waals surface area (Å²) in [4.78, 5) is 11.2. The molecule has 4 nitrogen and oxygen atoms in total. The number of carbonyl (C=O) groups is 1. The molecule has 12 heavy (non-hydrogen) atoms. The normalized spacial score (nSPS) is 40.3. The Hall–Kier alpha value is -0.870. The average Bonchev–Trinajstić information content (AvgIpc) is 2.33. The van der Waals surface area contributed by atoms with Crippen molar-refractivity contribution in [3.05, 3.63) is 12.2 Å². The van der Waals surface area contributed by atoms with Crippen LogP contribution < -0.4 is 0 Å². The van der Waals surface area contributed by atoms with Crippen LogP contribution in [0, 0.1) is 11.8 Å². The van der Waals surface area contributed by atoms with Crippen molar-refractivity contribution in [2.24, 2.45) is 11.8 Å². The maximum atomic E-state index is 11.2. The lowest BCUT2D eigenvalue weighted by Gasteiger charge is -2.19. The zero-order valence-corrected chi connectivity index (χ0v) is 6.55. The fourth-order valence-corrected chi connectivity index (χ4v) is 1.93. The van der Waals surface area contributed by atoms with E-state index in [4.69, 9.17) is 5.21 Å². The number of rotatable bonds is 0. The molecule has 1 saturated heterocycles. The van der Waals surface area contributed by atoms with Gasteiger partial charge in [0.05, 0.1) is 5.92 Å². The number of amides is 1. The van der Waals surface area contributed by atoms with Crippen LogP contribution in [0.2, 0.25) is 0 Å². The lowest BCUT2D eigenvalue weighted by Crippen LogP contribution is -2.31. The van der Waals surface area contributed by atoms with Gasteiger partial charge in [-0.15, -0.1) is 0 Å². The van der Waals surface area contributed by atoms with Gasteiger partial charge in [0.2, 0.25) is 0 Å². The van der Waals surface area contributed by atoms with Gasteiger partial charge >= 0.3 is 0 Å². The van der Waals surface area contributed by atoms with E-state index in [9.17, 15) is 9.90 Å². The van der Waals surface area contributed by atoms with E-state index in [1.54, 1.807) is 0 Å². The highest BCUT2D eigenvalue weighted by molar-refractivity contribution is 5.81. The van der Waals surface area contributed by atoms with Crippen LogP contribution in [-0.2, 0) is 4.79 Å². The van der Waals surface area contributed by atoms with Crippen molar-refractivity contribution in [2.45, 2.75) is 19.1 Å². The largest absolute Gasteiger partial charge is 0.371 e. The first-order valence-electron chi connectivity index (χ1n) is 4.07. The molecule has 1 fully saturated rings. The molecule has 0 aromatic carbocycles. The maximum Gasteiger partial charge on any atom is 0.252 e. The summed E-state index contributed by atoms with van der Waals surface area (Å²) in [6.07, 6.45) is 4.17. The Morgan fingerprint density at radius 2 is 2.08 bits per heavy atom. The second kappa shape index (κ2) is 2.57. The van der Waals surface area contributed by atoms with E-state index < -0.39 is 6.23 Å². The second-order valence-corrected chi connectivity index (χ2v) is 3.31. The number of hydrogen-bond donors (Lipinski definition) is 2. The standard InChI is InChI=1S/C8H11NO3/c10-7-5-3-1-2-4-6(5)8(11)9(7)12/h1-2,5-7,10,12H,3-4H2. The number of carbonyl (C=O) groups excluding carboxylic acids is 1. The van der Waals surface area contributed by atoms with Gasteiger partial charge in [0.15, 0.2) is 6.23 Å². The lowest BCUT2D eigenvalue weighted by atomic mass is 9.85. The van der Waals surface area contributed by atoms with Crippen LogP contribution >= 0.6 is 0 Å². The third-order valence-corrected chi connectivity index (χ3v) is 2.66. The molecule has 1 heterocycles. The van der Waals surface area contributed by atoms with Gasteiger partial charge < -0.3 is 5.11 Å². The smallest absolute Gasteiger partial charge is 0.252 e. The predicted octanol–water partition coefficient (Wildman–Crippen LogP) is 0.119. The molecule has 2 rings (SSSR count). The third-order valence-electron chi connectivity index (χ3n) is 2.66. The van der Waals surface area contributed by atoms with Crippen LogP contribution in [0.3, 0.4) is 0 Å². The monoisotopic (exact) mass is 169 g/mol. The molecule has 0 aromatic heterocycles. The Morgan fingerprint density at radius 3 is 2.75 bits per heavy atom. The fourth-order valence-electron chi connectivity index (χ4n) is 1.93. The van der Waals surface area contributed by atoms with Crippen molar-refractivity contribution in [1.82, 2.24) is 5.06 Å². The number of aliphatic hydroxyl groups is 1. The first kappa shape index (κ1) is 7.76. The van der Waals surface area contributed by atoms with Gasteiger partial charge in [-0.25, -0.2) is 0 Å². The van der Waals surface area contributed by atoms with E-state index in [2.05, 4.69) is 0 Å². The Morgan fingerprint density at radius 1 is 1.42 bits per heavy atom. The highest BCUT2D eigenvalue weighted by Crippen LogP contribution is 2.36. The Balaban J connectivity index is 2.25. The molecule has 0 spiro atoms. The van der Waals surface area contributed by atoms with Crippen molar-refractivity contribution in [3.8, 4) is 0 Å². The molecule has 1 aliphatic heterocycles. The SMILES string of the molecule is O=C1C2CC=CCC2C(O)N1O. The minimum Gasteiger partial charge on any atom is -0.371 e. The summed E-state index contributed by atoms with van der Waals surface area (Å²) in [5.41, 5.74) is 0. The quantitative estimate of drug-likeness (QED) is 0.400. The minimum atomic E-state index is -1.01. The van der Waals surface area contributed by atoms with Crippen molar-refractivity contribution >= 4 is 5.91 Å². The average molecular weight is 169 g/mol. The summed E-state index contributed by atoms with van der Waals surface area (Å²) < 4.78 is 0. The van der Waals surface area contributed by atoms with Crippen molar-refractivity contribution in [2.75, 3.05) is 0 Å². The molecule has 2 aliphatic rings. The Kier molecular flexibility index (Phi) is 1.66. The van der Waals surface area contributed by atoms with Gasteiger partial charge in [-0.3, -0.25) is 10.0 Å². The molecular weight excluding hydrogens is 158 g/mol. The molecule has 0 saturated carbocycles. The topological polar surface area (TPSA) is 60.8 Å². The molecule has 0 aromatic rings. The zero-order chi connectivity index (χ0) is 8.72. The van der Waals surface area contributed by atoms with Crippen LogP contribution in [0.15, 0.2) is 12.2 Å². The molecule has 3 atom stereocenters. The van der Waals surface area contributed by atoms with Crippen LogP contribution in [-0.4, -0.2) is 27.5 Å². The van der Waals surface area contributed by atoms with Crippen LogP contribution in [0.4, 0.5) is 0 Å². The molecule has 4 heteroatoms. The molecule has 0 bridgehead atoms. The highest BCUT2D eigenvalue weighted by atomic mass is 16.5. The van der Waals surface area contributed by atoms with Gasteiger partial charge in [-0.1, -0.05) is 12.2 Å². The van der Waals surface area contributed by atoms with Crippen LogP contribution in [0.5, 0.6) is 0 Å². The maximum absolute atomic E-state index is 11.2. The Bertz CT molecular complexity index is 238. The van der Waals surface area contributed by atoms with Crippen LogP contribution in [0.25, 0.3) is 0 Å². The second-order valence-electron chi connectivity index (χ2n) is 3.31. The minimum absolute atomic E-state index is 0.118. The number of hydroxylamine groups is 2. The molecule has 1 amide bonds. The molecule has 2 N–H and O–H groups in total. The van der Waals surface area contributed by atoms with Gasteiger partial charge in [0, 0.05) is 5.92 Å². The highest BCUT2D eigenvalue weighted by Gasteiger charge is 2.46. The summed E-state index contributed by atoms with van der Waals surface area (Å²) in [6, 6.07) is 0. The summed E-state index contributed by atoms with van der Waals surface area (Å²) in [5, 5.41) is 18.9. The summed E-state index contributed by atoms with van der Waals surface area (Å²) >= 11 is 0. The van der Waals surface area contributed by atoms with E-state index >= 15 is 0 Å². The third kappa shape index (κ3) is 0.884. The number of aliphatic hydroxyl groups excluding tert-OH is 1. The molecular formula is C8H11NO3.